The highest BCUT2D eigenvalue weighted by Gasteiger charge is 2.13. The van der Waals surface area contributed by atoms with Gasteiger partial charge >= 0.3 is 0 Å². The van der Waals surface area contributed by atoms with E-state index in [4.69, 9.17) is 14.8 Å². The molecule has 0 saturated carbocycles. The van der Waals surface area contributed by atoms with Crippen molar-refractivity contribution in [3.63, 3.8) is 0 Å². The lowest BCUT2D eigenvalue weighted by Crippen LogP contribution is -2.18. The van der Waals surface area contributed by atoms with E-state index in [0.717, 1.165) is 0 Å². The molecule has 2 heterocycles. The minimum atomic E-state index is 0.00879. The third-order valence-electron chi connectivity index (χ3n) is 1.82. The summed E-state index contributed by atoms with van der Waals surface area (Å²) in [5.41, 5.74) is 6.17. The summed E-state index contributed by atoms with van der Waals surface area (Å²) < 4.78 is 9.93. The van der Waals surface area contributed by atoms with Crippen molar-refractivity contribution in [1.29, 1.82) is 0 Å². The highest BCUT2D eigenvalue weighted by atomic mass is 16.5. The van der Waals surface area contributed by atoms with E-state index in [1.807, 2.05) is 6.92 Å². The number of rotatable bonds is 3. The van der Waals surface area contributed by atoms with Crippen molar-refractivity contribution in [3.05, 3.63) is 17.7 Å². The maximum Gasteiger partial charge on any atom is 0.280 e. The summed E-state index contributed by atoms with van der Waals surface area (Å²) in [6.07, 6.45) is 0.584. The van der Waals surface area contributed by atoms with Gasteiger partial charge in [-0.25, -0.2) is 0 Å². The van der Waals surface area contributed by atoms with Gasteiger partial charge in [0.05, 0.1) is 0 Å². The van der Waals surface area contributed by atoms with Gasteiger partial charge in [-0.2, -0.15) is 4.98 Å². The monoisotopic (exact) mass is 208 g/mol. The van der Waals surface area contributed by atoms with Crippen LogP contribution >= 0.6 is 0 Å². The number of nitrogens with two attached hydrogens (primary N) is 1. The molecule has 2 N–H and O–H groups in total. The molecule has 0 spiro atoms. The Morgan fingerprint density at radius 2 is 2.20 bits per heavy atom. The SMILES string of the molecule is Cc1cc(-c2nc(CC(C)N)no2)no1. The first kappa shape index (κ1) is 9.85. The molecule has 15 heavy (non-hydrogen) atoms. The summed E-state index contributed by atoms with van der Waals surface area (Å²) >= 11 is 0. The van der Waals surface area contributed by atoms with Gasteiger partial charge in [-0.15, -0.1) is 0 Å². The smallest absolute Gasteiger partial charge is 0.280 e. The first-order chi connectivity index (χ1) is 7.15. The Labute approximate surface area is 86.4 Å². The van der Waals surface area contributed by atoms with Gasteiger partial charge in [-0.05, 0) is 13.8 Å². The van der Waals surface area contributed by atoms with Crippen molar-refractivity contribution in [3.8, 4) is 11.6 Å². The third kappa shape index (κ3) is 2.21. The van der Waals surface area contributed by atoms with Crippen LogP contribution in [0.2, 0.25) is 0 Å². The van der Waals surface area contributed by atoms with Crippen LogP contribution in [0.5, 0.6) is 0 Å². The van der Waals surface area contributed by atoms with Crippen LogP contribution in [0.25, 0.3) is 11.6 Å². The van der Waals surface area contributed by atoms with Crippen molar-refractivity contribution >= 4 is 0 Å². The van der Waals surface area contributed by atoms with Crippen molar-refractivity contribution in [2.75, 3.05) is 0 Å². The predicted molar refractivity (Wildman–Crippen MR) is 51.9 cm³/mol. The second kappa shape index (κ2) is 3.82. The lowest BCUT2D eigenvalue weighted by molar-refractivity contribution is 0.388. The Kier molecular flexibility index (Phi) is 2.51. The summed E-state index contributed by atoms with van der Waals surface area (Å²) in [4.78, 5) is 4.15. The fraction of sp³-hybridized carbons (Fsp3) is 0.444. The first-order valence-corrected chi connectivity index (χ1v) is 4.67. The minimum absolute atomic E-state index is 0.00879. The largest absolute Gasteiger partial charge is 0.361 e. The molecular weight excluding hydrogens is 196 g/mol. The zero-order valence-corrected chi connectivity index (χ0v) is 8.60. The molecule has 0 aliphatic heterocycles. The van der Waals surface area contributed by atoms with E-state index in [-0.39, 0.29) is 6.04 Å². The molecule has 1 unspecified atom stereocenters. The van der Waals surface area contributed by atoms with E-state index in [2.05, 4.69) is 15.3 Å². The summed E-state index contributed by atoms with van der Waals surface area (Å²) in [5.74, 6) is 1.65. The molecule has 1 atom stereocenters. The van der Waals surface area contributed by atoms with Crippen molar-refractivity contribution in [2.45, 2.75) is 26.3 Å². The number of hydrogen-bond acceptors (Lipinski definition) is 6. The lowest BCUT2D eigenvalue weighted by atomic mass is 10.2. The first-order valence-electron chi connectivity index (χ1n) is 4.67. The van der Waals surface area contributed by atoms with E-state index in [1.165, 1.54) is 0 Å². The topological polar surface area (TPSA) is 91.0 Å². The van der Waals surface area contributed by atoms with Gasteiger partial charge in [-0.3, -0.25) is 0 Å². The maximum absolute atomic E-state index is 5.62. The van der Waals surface area contributed by atoms with E-state index in [9.17, 15) is 0 Å². The van der Waals surface area contributed by atoms with Crippen LogP contribution in [-0.2, 0) is 6.42 Å². The Morgan fingerprint density at radius 1 is 1.40 bits per heavy atom. The average molecular weight is 208 g/mol. The number of hydrogen-bond donors (Lipinski definition) is 1. The summed E-state index contributed by atoms with van der Waals surface area (Å²) in [6.45, 7) is 3.69. The van der Waals surface area contributed by atoms with Crippen LogP contribution in [0, 0.1) is 6.92 Å². The molecule has 80 valence electrons. The molecule has 0 aliphatic carbocycles. The highest BCUT2D eigenvalue weighted by Crippen LogP contribution is 2.16. The van der Waals surface area contributed by atoms with E-state index in [1.54, 1.807) is 13.0 Å². The third-order valence-corrected chi connectivity index (χ3v) is 1.82. The van der Waals surface area contributed by atoms with Crippen LogP contribution < -0.4 is 5.73 Å². The molecule has 2 aromatic heterocycles. The van der Waals surface area contributed by atoms with Gasteiger partial charge in [0.25, 0.3) is 5.89 Å². The normalized spacial score (nSPS) is 13.0. The molecule has 0 amide bonds. The molecule has 2 rings (SSSR count). The maximum atomic E-state index is 5.62. The minimum Gasteiger partial charge on any atom is -0.361 e. The molecule has 0 radical (unpaired) electrons. The molecule has 0 saturated heterocycles. The number of aromatic nitrogens is 3. The molecule has 2 aromatic rings. The van der Waals surface area contributed by atoms with Gasteiger partial charge in [-0.1, -0.05) is 10.3 Å². The van der Waals surface area contributed by atoms with E-state index in [0.29, 0.717) is 29.6 Å². The molecular formula is C9H12N4O2. The zero-order valence-electron chi connectivity index (χ0n) is 8.60. The summed E-state index contributed by atoms with van der Waals surface area (Å²) in [7, 11) is 0. The average Bonchev–Trinajstić information content (AvgIpc) is 2.72. The number of aryl methyl sites for hydroxylation is 1. The second-order valence-electron chi connectivity index (χ2n) is 3.52. The molecule has 0 aliphatic rings. The van der Waals surface area contributed by atoms with Crippen LogP contribution in [0.3, 0.4) is 0 Å². The molecule has 0 aromatic carbocycles. The van der Waals surface area contributed by atoms with Crippen LogP contribution in [0.1, 0.15) is 18.5 Å². The quantitative estimate of drug-likeness (QED) is 0.806. The molecule has 0 bridgehead atoms. The fourth-order valence-corrected chi connectivity index (χ4v) is 1.20. The molecule has 6 nitrogen and oxygen atoms in total. The molecule has 0 fully saturated rings. The van der Waals surface area contributed by atoms with Gasteiger partial charge in [0, 0.05) is 18.5 Å². The molecule has 6 heteroatoms. The zero-order chi connectivity index (χ0) is 10.8. The van der Waals surface area contributed by atoms with Gasteiger partial charge in [0.15, 0.2) is 11.5 Å². The van der Waals surface area contributed by atoms with Crippen LogP contribution in [-0.4, -0.2) is 21.3 Å². The van der Waals surface area contributed by atoms with Crippen molar-refractivity contribution < 1.29 is 9.05 Å². The standard InChI is InChI=1S/C9H12N4O2/c1-5(10)3-8-11-9(15-13-8)7-4-6(2)14-12-7/h4-5H,3,10H2,1-2H3. The van der Waals surface area contributed by atoms with E-state index < -0.39 is 0 Å². The van der Waals surface area contributed by atoms with Crippen molar-refractivity contribution in [2.24, 2.45) is 5.73 Å². The van der Waals surface area contributed by atoms with Gasteiger partial charge in [0.1, 0.15) is 5.76 Å². The number of nitrogens with zero attached hydrogens (tertiary/aromatic N) is 3. The van der Waals surface area contributed by atoms with Gasteiger partial charge < -0.3 is 14.8 Å². The Morgan fingerprint density at radius 3 is 2.80 bits per heavy atom. The Hall–Kier alpha value is -1.69. The fourth-order valence-electron chi connectivity index (χ4n) is 1.20. The van der Waals surface area contributed by atoms with Gasteiger partial charge in [0.2, 0.25) is 0 Å². The van der Waals surface area contributed by atoms with Crippen molar-refractivity contribution in [1.82, 2.24) is 15.3 Å². The second-order valence-corrected chi connectivity index (χ2v) is 3.52. The summed E-state index contributed by atoms with van der Waals surface area (Å²) in [5, 5.41) is 7.57. The highest BCUT2D eigenvalue weighted by molar-refractivity contribution is 5.45. The predicted octanol–water partition coefficient (Wildman–Crippen LogP) is 0.923. The Balaban J connectivity index is 2.20. The lowest BCUT2D eigenvalue weighted by Gasteiger charge is -1.96. The summed E-state index contributed by atoms with van der Waals surface area (Å²) in [6, 6.07) is 1.75. The van der Waals surface area contributed by atoms with Crippen LogP contribution in [0.4, 0.5) is 0 Å². The van der Waals surface area contributed by atoms with E-state index >= 15 is 0 Å². The Bertz CT molecular complexity index is 446. The van der Waals surface area contributed by atoms with Crippen LogP contribution in [0.15, 0.2) is 15.1 Å².